The van der Waals surface area contributed by atoms with Crippen LogP contribution in [0.1, 0.15) is 24.9 Å². The minimum Gasteiger partial charge on any atom is -0.331 e. The number of nitrogens with one attached hydrogen (secondary N) is 2. The maximum atomic E-state index is 11.5. The van der Waals surface area contributed by atoms with Gasteiger partial charge >= 0.3 is 6.03 Å². The zero-order valence-electron chi connectivity index (χ0n) is 9.66. The molecule has 1 atom stereocenters. The highest BCUT2D eigenvalue weighted by molar-refractivity contribution is 6.30. The fourth-order valence-corrected chi connectivity index (χ4v) is 1.58. The molecule has 3 nitrogen and oxygen atoms in total. The Morgan fingerprint density at radius 1 is 1.47 bits per heavy atom. The number of carbonyl (C=O) groups excluding carboxylic acids is 1. The van der Waals surface area contributed by atoms with Gasteiger partial charge < -0.3 is 10.6 Å². The van der Waals surface area contributed by atoms with E-state index in [2.05, 4.69) is 16.6 Å². The predicted octanol–water partition coefficient (Wildman–Crippen LogP) is 2.72. The fraction of sp³-hybridized carbons (Fsp3) is 0.308. The van der Waals surface area contributed by atoms with Gasteiger partial charge in [-0.05, 0) is 24.1 Å². The van der Waals surface area contributed by atoms with Crippen molar-refractivity contribution in [3.8, 4) is 12.3 Å². The fourth-order valence-electron chi connectivity index (χ4n) is 1.46. The van der Waals surface area contributed by atoms with Crippen molar-refractivity contribution in [2.45, 2.75) is 19.4 Å². The highest BCUT2D eigenvalue weighted by Crippen LogP contribution is 2.18. The third-order valence-electron chi connectivity index (χ3n) is 2.34. The number of urea groups is 1. The number of halogens is 1. The van der Waals surface area contributed by atoms with Crippen molar-refractivity contribution >= 4 is 17.6 Å². The molecule has 2 N–H and O–H groups in total. The van der Waals surface area contributed by atoms with Crippen molar-refractivity contribution in [3.05, 3.63) is 34.9 Å². The molecule has 90 valence electrons. The number of terminal acetylenes is 1. The molecule has 1 aromatic carbocycles. The second-order valence-electron chi connectivity index (χ2n) is 3.54. The molecule has 0 aliphatic heterocycles. The molecule has 0 spiro atoms. The summed E-state index contributed by atoms with van der Waals surface area (Å²) in [7, 11) is 0. The van der Waals surface area contributed by atoms with E-state index in [1.165, 1.54) is 0 Å². The summed E-state index contributed by atoms with van der Waals surface area (Å²) < 4.78 is 0. The largest absolute Gasteiger partial charge is 0.331 e. The number of hydrogen-bond donors (Lipinski definition) is 2. The van der Waals surface area contributed by atoms with Gasteiger partial charge in [-0.25, -0.2) is 4.79 Å². The molecule has 4 heteroatoms. The Balaban J connectivity index is 2.63. The number of rotatable bonds is 4. The molecule has 1 rings (SSSR count). The van der Waals surface area contributed by atoms with Crippen LogP contribution >= 0.6 is 11.6 Å². The summed E-state index contributed by atoms with van der Waals surface area (Å²) in [5.74, 6) is 2.35. The van der Waals surface area contributed by atoms with E-state index < -0.39 is 0 Å². The van der Waals surface area contributed by atoms with Gasteiger partial charge in [-0.1, -0.05) is 36.6 Å². The van der Waals surface area contributed by atoms with E-state index in [0.717, 1.165) is 12.0 Å². The summed E-state index contributed by atoms with van der Waals surface area (Å²) in [6, 6.07) is 7.12. The molecule has 0 aliphatic rings. The number of hydrogen-bond acceptors (Lipinski definition) is 1. The van der Waals surface area contributed by atoms with Gasteiger partial charge in [0.05, 0.1) is 12.6 Å². The molecule has 0 heterocycles. The summed E-state index contributed by atoms with van der Waals surface area (Å²) in [6.07, 6.45) is 5.86. The standard InChI is InChI=1S/C13H15ClN2O/c1-3-9-15-13(17)16-12(4-2)10-5-7-11(14)8-6-10/h1,5-8,12H,4,9H2,2H3,(H2,15,16,17). The highest BCUT2D eigenvalue weighted by Gasteiger charge is 2.11. The molecule has 0 bridgehead atoms. The molecule has 0 saturated carbocycles. The summed E-state index contributed by atoms with van der Waals surface area (Å²) in [5, 5.41) is 6.10. The van der Waals surface area contributed by atoms with Crippen molar-refractivity contribution in [2.24, 2.45) is 0 Å². The van der Waals surface area contributed by atoms with E-state index in [9.17, 15) is 4.79 Å². The van der Waals surface area contributed by atoms with Gasteiger partial charge in [0.2, 0.25) is 0 Å². The first-order chi connectivity index (χ1) is 8.17. The SMILES string of the molecule is C#CCNC(=O)NC(CC)c1ccc(Cl)cc1. The number of benzene rings is 1. The maximum Gasteiger partial charge on any atom is 0.316 e. The van der Waals surface area contributed by atoms with E-state index in [1.54, 1.807) is 12.1 Å². The molecular formula is C13H15ClN2O. The maximum absolute atomic E-state index is 11.5. The molecule has 17 heavy (non-hydrogen) atoms. The van der Waals surface area contributed by atoms with Crippen LogP contribution in [0.3, 0.4) is 0 Å². The van der Waals surface area contributed by atoms with Crippen LogP contribution in [0.15, 0.2) is 24.3 Å². The van der Waals surface area contributed by atoms with Gasteiger partial charge in [-0.15, -0.1) is 6.42 Å². The molecule has 0 radical (unpaired) electrons. The van der Waals surface area contributed by atoms with Gasteiger partial charge in [0, 0.05) is 5.02 Å². The van der Waals surface area contributed by atoms with E-state index >= 15 is 0 Å². The lowest BCUT2D eigenvalue weighted by atomic mass is 10.1. The molecular weight excluding hydrogens is 236 g/mol. The Bertz CT molecular complexity index is 408. The number of amides is 2. The monoisotopic (exact) mass is 250 g/mol. The van der Waals surface area contributed by atoms with Crippen LogP contribution in [0.2, 0.25) is 5.02 Å². The normalized spacial score (nSPS) is 11.4. The molecule has 0 saturated heterocycles. The Kier molecular flexibility index (Phi) is 5.38. The number of carbonyl (C=O) groups is 1. The minimum atomic E-state index is -0.259. The first kappa shape index (κ1) is 13.4. The summed E-state index contributed by atoms with van der Waals surface area (Å²) in [5.41, 5.74) is 1.02. The predicted molar refractivity (Wildman–Crippen MR) is 69.9 cm³/mol. The second kappa shape index (κ2) is 6.82. The highest BCUT2D eigenvalue weighted by atomic mass is 35.5. The van der Waals surface area contributed by atoms with Crippen molar-refractivity contribution in [1.29, 1.82) is 0 Å². The summed E-state index contributed by atoms with van der Waals surface area (Å²) in [6.45, 7) is 2.23. The van der Waals surface area contributed by atoms with Crippen LogP contribution < -0.4 is 10.6 Å². The second-order valence-corrected chi connectivity index (χ2v) is 3.98. The van der Waals surface area contributed by atoms with Crippen LogP contribution in [0.4, 0.5) is 4.79 Å². The van der Waals surface area contributed by atoms with Gasteiger partial charge in [0.1, 0.15) is 0 Å². The van der Waals surface area contributed by atoms with Crippen LogP contribution in [-0.2, 0) is 0 Å². The average molecular weight is 251 g/mol. The van der Waals surface area contributed by atoms with Gasteiger partial charge in [-0.2, -0.15) is 0 Å². The molecule has 0 aliphatic carbocycles. The van der Waals surface area contributed by atoms with Gasteiger partial charge in [0.25, 0.3) is 0 Å². The van der Waals surface area contributed by atoms with Crippen molar-refractivity contribution < 1.29 is 4.79 Å². The van der Waals surface area contributed by atoms with Crippen LogP contribution in [0.25, 0.3) is 0 Å². The summed E-state index contributed by atoms with van der Waals surface area (Å²) >= 11 is 5.81. The molecule has 2 amide bonds. The van der Waals surface area contributed by atoms with Gasteiger partial charge in [-0.3, -0.25) is 0 Å². The Morgan fingerprint density at radius 3 is 2.65 bits per heavy atom. The smallest absolute Gasteiger partial charge is 0.316 e. The quantitative estimate of drug-likeness (QED) is 0.793. The minimum absolute atomic E-state index is 0.0370. The summed E-state index contributed by atoms with van der Waals surface area (Å²) in [4.78, 5) is 11.5. The van der Waals surface area contributed by atoms with E-state index in [0.29, 0.717) is 5.02 Å². The van der Waals surface area contributed by atoms with E-state index in [-0.39, 0.29) is 18.6 Å². The third-order valence-corrected chi connectivity index (χ3v) is 2.59. The lowest BCUT2D eigenvalue weighted by Crippen LogP contribution is -2.37. The molecule has 1 aromatic rings. The molecule has 0 fully saturated rings. The van der Waals surface area contributed by atoms with Crippen LogP contribution in [-0.4, -0.2) is 12.6 Å². The Morgan fingerprint density at radius 2 is 2.12 bits per heavy atom. The average Bonchev–Trinajstić information content (AvgIpc) is 2.34. The van der Waals surface area contributed by atoms with Crippen molar-refractivity contribution in [1.82, 2.24) is 10.6 Å². The van der Waals surface area contributed by atoms with Crippen LogP contribution in [0, 0.1) is 12.3 Å². The molecule has 1 unspecified atom stereocenters. The molecule has 0 aromatic heterocycles. The lowest BCUT2D eigenvalue weighted by Gasteiger charge is -2.17. The van der Waals surface area contributed by atoms with Crippen molar-refractivity contribution in [2.75, 3.05) is 6.54 Å². The Labute approximate surface area is 107 Å². The zero-order chi connectivity index (χ0) is 12.7. The van der Waals surface area contributed by atoms with Crippen LogP contribution in [0.5, 0.6) is 0 Å². The van der Waals surface area contributed by atoms with E-state index in [1.807, 2.05) is 19.1 Å². The first-order valence-electron chi connectivity index (χ1n) is 5.40. The third kappa shape index (κ3) is 4.38. The van der Waals surface area contributed by atoms with Gasteiger partial charge in [0.15, 0.2) is 0 Å². The Hall–Kier alpha value is -1.66. The topological polar surface area (TPSA) is 41.1 Å². The van der Waals surface area contributed by atoms with Crippen molar-refractivity contribution in [3.63, 3.8) is 0 Å². The lowest BCUT2D eigenvalue weighted by molar-refractivity contribution is 0.238. The van der Waals surface area contributed by atoms with E-state index in [4.69, 9.17) is 18.0 Å². The first-order valence-corrected chi connectivity index (χ1v) is 5.78. The zero-order valence-corrected chi connectivity index (χ0v) is 10.4.